The van der Waals surface area contributed by atoms with Crippen LogP contribution in [0.2, 0.25) is 0 Å². The molecule has 0 saturated carbocycles. The van der Waals surface area contributed by atoms with E-state index in [1.165, 1.54) is 5.56 Å². The van der Waals surface area contributed by atoms with Crippen molar-refractivity contribution in [3.05, 3.63) is 47.1 Å². The lowest BCUT2D eigenvalue weighted by Crippen LogP contribution is -2.13. The maximum atomic E-state index is 5.80. The number of fused-ring (bicyclic) bond motifs is 1. The molecule has 0 saturated heterocycles. The quantitative estimate of drug-likeness (QED) is 0.728. The van der Waals surface area contributed by atoms with Gasteiger partial charge in [-0.15, -0.1) is 11.3 Å². The summed E-state index contributed by atoms with van der Waals surface area (Å²) in [5.74, 6) is 1.80. The predicted molar refractivity (Wildman–Crippen MR) is 87.3 cm³/mol. The van der Waals surface area contributed by atoms with Crippen LogP contribution in [0.15, 0.2) is 36.0 Å². The number of aryl methyl sites for hydroxylation is 2. The third-order valence-electron chi connectivity index (χ3n) is 3.24. The summed E-state index contributed by atoms with van der Waals surface area (Å²) in [7, 11) is 0. The molecular weight excluding hydrogens is 282 g/mol. The summed E-state index contributed by atoms with van der Waals surface area (Å²) in [5, 5.41) is 6.39. The van der Waals surface area contributed by atoms with Crippen LogP contribution < -0.4 is 10.1 Å². The fourth-order valence-corrected chi connectivity index (χ4v) is 2.96. The number of thiophene rings is 1. The van der Waals surface area contributed by atoms with Crippen LogP contribution in [0.4, 0.5) is 5.82 Å². The first kappa shape index (κ1) is 13.8. The van der Waals surface area contributed by atoms with Crippen molar-refractivity contribution in [2.45, 2.75) is 13.8 Å². The van der Waals surface area contributed by atoms with Gasteiger partial charge < -0.3 is 10.1 Å². The van der Waals surface area contributed by atoms with E-state index in [9.17, 15) is 0 Å². The summed E-state index contributed by atoms with van der Waals surface area (Å²) in [6, 6.07) is 8.25. The molecule has 1 aromatic carbocycles. The predicted octanol–water partition coefficient (Wildman–Crippen LogP) is 3.80. The second-order valence-corrected chi connectivity index (χ2v) is 5.80. The van der Waals surface area contributed by atoms with Crippen LogP contribution in [-0.2, 0) is 0 Å². The molecule has 4 nitrogen and oxygen atoms in total. The zero-order chi connectivity index (χ0) is 14.7. The lowest BCUT2D eigenvalue weighted by molar-refractivity contribution is 0.330. The van der Waals surface area contributed by atoms with Gasteiger partial charge >= 0.3 is 0 Å². The number of hydrogen-bond donors (Lipinski definition) is 1. The molecule has 0 aliphatic heterocycles. The van der Waals surface area contributed by atoms with E-state index in [2.05, 4.69) is 41.3 Å². The Kier molecular flexibility index (Phi) is 4.01. The van der Waals surface area contributed by atoms with Gasteiger partial charge in [-0.05, 0) is 36.9 Å². The van der Waals surface area contributed by atoms with Gasteiger partial charge in [-0.25, -0.2) is 9.97 Å². The van der Waals surface area contributed by atoms with E-state index >= 15 is 0 Å². The number of ether oxygens (including phenoxy) is 1. The van der Waals surface area contributed by atoms with Crippen molar-refractivity contribution in [2.75, 3.05) is 18.5 Å². The molecule has 0 spiro atoms. The molecule has 3 rings (SSSR count). The average molecular weight is 299 g/mol. The van der Waals surface area contributed by atoms with Gasteiger partial charge in [-0.1, -0.05) is 17.7 Å². The van der Waals surface area contributed by atoms with E-state index < -0.39 is 0 Å². The molecule has 0 bridgehead atoms. The Morgan fingerprint density at radius 2 is 2.10 bits per heavy atom. The third kappa shape index (κ3) is 3.13. The Hall–Kier alpha value is -2.14. The highest BCUT2D eigenvalue weighted by Crippen LogP contribution is 2.23. The molecule has 0 amide bonds. The van der Waals surface area contributed by atoms with Crippen molar-refractivity contribution in [3.8, 4) is 5.75 Å². The van der Waals surface area contributed by atoms with Gasteiger partial charge in [0.05, 0.1) is 11.9 Å². The molecule has 5 heteroatoms. The van der Waals surface area contributed by atoms with Gasteiger partial charge in [0, 0.05) is 0 Å². The molecule has 0 unspecified atom stereocenters. The SMILES string of the molecule is Cc1ccc(OCCNc2ncnc3sccc23)c(C)c1. The molecule has 0 fully saturated rings. The van der Waals surface area contributed by atoms with Crippen molar-refractivity contribution in [3.63, 3.8) is 0 Å². The van der Waals surface area contributed by atoms with Gasteiger partial charge in [0.2, 0.25) is 0 Å². The summed E-state index contributed by atoms with van der Waals surface area (Å²) in [5.41, 5.74) is 2.41. The molecule has 0 aliphatic rings. The highest BCUT2D eigenvalue weighted by Gasteiger charge is 2.04. The van der Waals surface area contributed by atoms with Crippen LogP contribution in [0.3, 0.4) is 0 Å². The van der Waals surface area contributed by atoms with E-state index in [4.69, 9.17) is 4.74 Å². The Morgan fingerprint density at radius 1 is 1.19 bits per heavy atom. The molecule has 2 heterocycles. The lowest BCUT2D eigenvalue weighted by Gasteiger charge is -2.11. The number of nitrogens with zero attached hydrogens (tertiary/aromatic N) is 2. The number of rotatable bonds is 5. The summed E-state index contributed by atoms with van der Waals surface area (Å²) in [6.45, 7) is 5.45. The van der Waals surface area contributed by atoms with Crippen LogP contribution in [0.25, 0.3) is 10.2 Å². The molecule has 108 valence electrons. The Labute approximate surface area is 127 Å². The summed E-state index contributed by atoms with van der Waals surface area (Å²) >= 11 is 1.62. The fraction of sp³-hybridized carbons (Fsp3) is 0.250. The van der Waals surface area contributed by atoms with E-state index in [-0.39, 0.29) is 0 Å². The molecule has 0 atom stereocenters. The molecule has 2 aromatic heterocycles. The minimum Gasteiger partial charge on any atom is -0.491 e. The van der Waals surface area contributed by atoms with Crippen molar-refractivity contribution in [1.82, 2.24) is 9.97 Å². The van der Waals surface area contributed by atoms with Crippen LogP contribution in [0.5, 0.6) is 5.75 Å². The Bertz CT molecular complexity index is 754. The fourth-order valence-electron chi connectivity index (χ4n) is 2.22. The lowest BCUT2D eigenvalue weighted by atomic mass is 10.1. The van der Waals surface area contributed by atoms with E-state index in [1.807, 2.05) is 17.5 Å². The minimum atomic E-state index is 0.597. The largest absolute Gasteiger partial charge is 0.491 e. The number of hydrogen-bond acceptors (Lipinski definition) is 5. The smallest absolute Gasteiger partial charge is 0.138 e. The maximum Gasteiger partial charge on any atom is 0.138 e. The monoisotopic (exact) mass is 299 g/mol. The zero-order valence-corrected chi connectivity index (χ0v) is 12.9. The van der Waals surface area contributed by atoms with Crippen molar-refractivity contribution >= 4 is 27.4 Å². The van der Waals surface area contributed by atoms with Crippen LogP contribution in [0, 0.1) is 13.8 Å². The van der Waals surface area contributed by atoms with Gasteiger partial charge in [0.25, 0.3) is 0 Å². The first-order valence-corrected chi connectivity index (χ1v) is 7.74. The zero-order valence-electron chi connectivity index (χ0n) is 12.1. The van der Waals surface area contributed by atoms with Gasteiger partial charge in [0.1, 0.15) is 29.3 Å². The highest BCUT2D eigenvalue weighted by molar-refractivity contribution is 7.16. The third-order valence-corrected chi connectivity index (χ3v) is 4.06. The second kappa shape index (κ2) is 6.10. The normalized spacial score (nSPS) is 10.8. The van der Waals surface area contributed by atoms with E-state index in [0.29, 0.717) is 13.2 Å². The first-order chi connectivity index (χ1) is 10.2. The van der Waals surface area contributed by atoms with E-state index in [0.717, 1.165) is 27.3 Å². The first-order valence-electron chi connectivity index (χ1n) is 6.86. The second-order valence-electron chi connectivity index (χ2n) is 4.91. The summed E-state index contributed by atoms with van der Waals surface area (Å²) < 4.78 is 5.80. The molecular formula is C16H17N3OS. The summed E-state index contributed by atoms with van der Waals surface area (Å²) in [4.78, 5) is 9.52. The highest BCUT2D eigenvalue weighted by atomic mass is 32.1. The molecule has 0 aliphatic carbocycles. The van der Waals surface area contributed by atoms with Crippen LogP contribution in [-0.4, -0.2) is 23.1 Å². The molecule has 0 radical (unpaired) electrons. The maximum absolute atomic E-state index is 5.80. The van der Waals surface area contributed by atoms with Crippen LogP contribution in [0.1, 0.15) is 11.1 Å². The van der Waals surface area contributed by atoms with Gasteiger partial charge in [-0.2, -0.15) is 0 Å². The molecule has 3 aromatic rings. The number of aromatic nitrogens is 2. The van der Waals surface area contributed by atoms with Crippen molar-refractivity contribution in [2.24, 2.45) is 0 Å². The topological polar surface area (TPSA) is 47.0 Å². The van der Waals surface area contributed by atoms with E-state index in [1.54, 1.807) is 17.7 Å². The average Bonchev–Trinajstić information content (AvgIpc) is 2.94. The molecule has 21 heavy (non-hydrogen) atoms. The Morgan fingerprint density at radius 3 is 2.95 bits per heavy atom. The number of benzene rings is 1. The Balaban J connectivity index is 1.58. The molecule has 1 N–H and O–H groups in total. The number of nitrogens with one attached hydrogen (secondary N) is 1. The van der Waals surface area contributed by atoms with Crippen molar-refractivity contribution in [1.29, 1.82) is 0 Å². The van der Waals surface area contributed by atoms with Crippen molar-refractivity contribution < 1.29 is 4.74 Å². The van der Waals surface area contributed by atoms with Gasteiger partial charge in [-0.3, -0.25) is 0 Å². The van der Waals surface area contributed by atoms with Gasteiger partial charge in [0.15, 0.2) is 0 Å². The number of anilines is 1. The van der Waals surface area contributed by atoms with Crippen LogP contribution >= 0.6 is 11.3 Å². The summed E-state index contributed by atoms with van der Waals surface area (Å²) in [6.07, 6.45) is 1.59. The minimum absolute atomic E-state index is 0.597. The standard InChI is InChI=1S/C16H17N3OS/c1-11-3-4-14(12(2)9-11)20-7-6-17-15-13-5-8-21-16(13)19-10-18-15/h3-5,8-10H,6-7H2,1-2H3,(H,17,18,19).